The standard InChI is InChI=1S/C29H30F4O6S2/c1-26(2)19-38-27(3,39-20-26)21-9-13-24(14-10-21)40(23-7-5-4-6-8-23)25-15-11-22(12-16-25)37-18-17-28(30,31)29(32,33)41(34,35)36/h4-16H,17-20H2,1-3H3. The summed E-state index contributed by atoms with van der Waals surface area (Å²) in [6.45, 7) is 6.24. The van der Waals surface area contributed by atoms with Gasteiger partial charge in [-0.15, -0.1) is 0 Å². The van der Waals surface area contributed by atoms with Crippen LogP contribution < -0.4 is 4.74 Å². The van der Waals surface area contributed by atoms with Crippen molar-refractivity contribution in [2.75, 3.05) is 19.8 Å². The molecule has 0 spiro atoms. The molecule has 1 fully saturated rings. The number of benzene rings is 3. The van der Waals surface area contributed by atoms with Crippen LogP contribution in [0.5, 0.6) is 5.75 Å². The van der Waals surface area contributed by atoms with Gasteiger partial charge in [0.25, 0.3) is 0 Å². The fourth-order valence-corrected chi connectivity index (χ4v) is 6.60. The van der Waals surface area contributed by atoms with Crippen molar-refractivity contribution in [2.24, 2.45) is 5.41 Å². The molecule has 0 aromatic heterocycles. The zero-order chi connectivity index (χ0) is 30.1. The zero-order valence-electron chi connectivity index (χ0n) is 22.6. The van der Waals surface area contributed by atoms with Crippen LogP contribution in [0.15, 0.2) is 93.5 Å². The summed E-state index contributed by atoms with van der Waals surface area (Å²) in [5, 5.41) is -5.74. The summed E-state index contributed by atoms with van der Waals surface area (Å²) in [5.74, 6) is -5.83. The molecule has 6 nitrogen and oxygen atoms in total. The van der Waals surface area contributed by atoms with E-state index in [9.17, 15) is 30.5 Å². The van der Waals surface area contributed by atoms with Crippen molar-refractivity contribution in [1.29, 1.82) is 0 Å². The average Bonchev–Trinajstić information content (AvgIpc) is 2.92. The normalized spacial score (nSPS) is 18.0. The lowest BCUT2D eigenvalue weighted by Crippen LogP contribution is -2.47. The van der Waals surface area contributed by atoms with Gasteiger partial charge in [0.2, 0.25) is 0 Å². The van der Waals surface area contributed by atoms with E-state index in [1.54, 1.807) is 12.1 Å². The van der Waals surface area contributed by atoms with E-state index in [0.717, 1.165) is 20.2 Å². The Bertz CT molecular complexity index is 1420. The third-order valence-corrected chi connectivity index (χ3v) is 9.71. The van der Waals surface area contributed by atoms with Gasteiger partial charge in [0, 0.05) is 11.0 Å². The lowest BCUT2D eigenvalue weighted by atomic mass is 9.94. The van der Waals surface area contributed by atoms with Crippen molar-refractivity contribution in [1.82, 2.24) is 0 Å². The van der Waals surface area contributed by atoms with E-state index in [-0.39, 0.29) is 11.2 Å². The Morgan fingerprint density at radius 2 is 1.32 bits per heavy atom. The molecule has 1 unspecified atom stereocenters. The Balaban J connectivity index is 1.51. The summed E-state index contributed by atoms with van der Waals surface area (Å²) in [6, 6.07) is 24.2. The Labute approximate surface area is 239 Å². The van der Waals surface area contributed by atoms with Crippen LogP contribution >= 0.6 is 0 Å². The van der Waals surface area contributed by atoms with E-state index in [1.165, 1.54) is 12.1 Å². The maximum atomic E-state index is 13.7. The van der Waals surface area contributed by atoms with Crippen LogP contribution in [0, 0.1) is 5.41 Å². The first kappa shape index (κ1) is 31.3. The molecule has 0 aliphatic carbocycles. The molecule has 0 radical (unpaired) electrons. The highest BCUT2D eigenvalue weighted by molar-refractivity contribution is 7.97. The minimum atomic E-state index is -6.54. The quantitative estimate of drug-likeness (QED) is 0.146. The SMILES string of the molecule is CC1(C)COC(C)(c2ccc([S+](c3ccccc3)c3ccc(OCCC(F)(F)C(F)(F)S(=O)(=O)[O-])cc3)cc2)OC1. The molecule has 0 N–H and O–H groups in total. The van der Waals surface area contributed by atoms with Gasteiger partial charge < -0.3 is 18.8 Å². The van der Waals surface area contributed by atoms with Crippen molar-refractivity contribution in [2.45, 2.75) is 58.8 Å². The van der Waals surface area contributed by atoms with Crippen LogP contribution in [0.3, 0.4) is 0 Å². The molecule has 41 heavy (non-hydrogen) atoms. The fourth-order valence-electron chi connectivity index (χ4n) is 4.07. The highest BCUT2D eigenvalue weighted by Gasteiger charge is 2.61. The van der Waals surface area contributed by atoms with Gasteiger partial charge in [-0.2, -0.15) is 17.6 Å². The molecular weight excluding hydrogens is 584 g/mol. The van der Waals surface area contributed by atoms with Crippen LogP contribution in [0.2, 0.25) is 0 Å². The van der Waals surface area contributed by atoms with Gasteiger partial charge in [-0.25, -0.2) is 8.42 Å². The van der Waals surface area contributed by atoms with E-state index in [0.29, 0.717) is 13.2 Å². The molecule has 0 amide bonds. The van der Waals surface area contributed by atoms with E-state index >= 15 is 0 Å². The molecule has 1 atom stereocenters. The largest absolute Gasteiger partial charge is 0.743 e. The topological polar surface area (TPSA) is 84.9 Å². The van der Waals surface area contributed by atoms with Crippen LogP contribution in [-0.4, -0.2) is 44.0 Å². The summed E-state index contributed by atoms with van der Waals surface area (Å²) in [6.07, 6.45) is -1.66. The van der Waals surface area contributed by atoms with Gasteiger partial charge in [0.15, 0.2) is 30.6 Å². The third-order valence-electron chi connectivity index (χ3n) is 6.55. The number of rotatable bonds is 10. The number of ether oxygens (including phenoxy) is 3. The molecule has 1 aliphatic rings. The van der Waals surface area contributed by atoms with Gasteiger partial charge in [0.05, 0.1) is 37.1 Å². The maximum Gasteiger partial charge on any atom is 0.396 e. The highest BCUT2D eigenvalue weighted by atomic mass is 32.2. The Kier molecular flexibility index (Phi) is 8.83. The average molecular weight is 615 g/mol. The van der Waals surface area contributed by atoms with E-state index in [4.69, 9.17) is 14.2 Å². The van der Waals surface area contributed by atoms with Gasteiger partial charge >= 0.3 is 11.2 Å². The Hall–Kier alpha value is -2.64. The second kappa shape index (κ2) is 11.6. The first-order chi connectivity index (χ1) is 19.0. The van der Waals surface area contributed by atoms with Crippen LogP contribution in [0.4, 0.5) is 17.6 Å². The Morgan fingerprint density at radius 3 is 1.83 bits per heavy atom. The second-order valence-electron chi connectivity index (χ2n) is 10.6. The molecule has 3 aromatic carbocycles. The number of alkyl halides is 4. The summed E-state index contributed by atoms with van der Waals surface area (Å²) in [5.41, 5.74) is 0.808. The summed E-state index contributed by atoms with van der Waals surface area (Å²) in [7, 11) is -7.10. The molecule has 3 aromatic rings. The lowest BCUT2D eigenvalue weighted by Gasteiger charge is -2.41. The molecule has 0 bridgehead atoms. The molecule has 0 saturated carbocycles. The molecule has 222 valence electrons. The van der Waals surface area contributed by atoms with Crippen LogP contribution in [0.1, 0.15) is 32.8 Å². The summed E-state index contributed by atoms with van der Waals surface area (Å²) < 4.78 is 103. The van der Waals surface area contributed by atoms with Crippen molar-refractivity contribution in [3.05, 3.63) is 84.4 Å². The molecule has 4 rings (SSSR count). The lowest BCUT2D eigenvalue weighted by molar-refractivity contribution is -0.298. The third kappa shape index (κ3) is 6.89. The van der Waals surface area contributed by atoms with Crippen LogP contribution in [-0.2, 0) is 36.3 Å². The second-order valence-corrected chi connectivity index (χ2v) is 14.0. The number of hydrogen-bond acceptors (Lipinski definition) is 6. The minimum absolute atomic E-state index is 0.0708. The van der Waals surface area contributed by atoms with E-state index in [1.807, 2.05) is 61.5 Å². The molecule has 1 saturated heterocycles. The van der Waals surface area contributed by atoms with E-state index in [2.05, 4.69) is 13.8 Å². The van der Waals surface area contributed by atoms with Crippen molar-refractivity contribution in [3.63, 3.8) is 0 Å². The van der Waals surface area contributed by atoms with Crippen molar-refractivity contribution < 1.29 is 44.7 Å². The number of hydrogen-bond donors (Lipinski definition) is 0. The fraction of sp³-hybridized carbons (Fsp3) is 0.379. The molecule has 1 heterocycles. The maximum absolute atomic E-state index is 13.7. The minimum Gasteiger partial charge on any atom is -0.743 e. The number of halogens is 4. The van der Waals surface area contributed by atoms with Gasteiger partial charge in [0.1, 0.15) is 5.75 Å². The predicted octanol–water partition coefficient (Wildman–Crippen LogP) is 6.57. The Morgan fingerprint density at radius 1 is 0.829 bits per heavy atom. The monoisotopic (exact) mass is 614 g/mol. The first-order valence-electron chi connectivity index (χ1n) is 12.7. The van der Waals surface area contributed by atoms with Crippen molar-refractivity contribution in [3.8, 4) is 5.75 Å². The van der Waals surface area contributed by atoms with Gasteiger partial charge in [-0.1, -0.05) is 32.0 Å². The smallest absolute Gasteiger partial charge is 0.396 e. The molecular formula is C29H30F4O6S2. The highest BCUT2D eigenvalue weighted by Crippen LogP contribution is 2.41. The van der Waals surface area contributed by atoms with Gasteiger partial charge in [-0.05, 0) is 67.6 Å². The van der Waals surface area contributed by atoms with Crippen LogP contribution in [0.25, 0.3) is 0 Å². The van der Waals surface area contributed by atoms with Crippen molar-refractivity contribution >= 4 is 21.0 Å². The molecule has 1 aliphatic heterocycles. The summed E-state index contributed by atoms with van der Waals surface area (Å²) in [4.78, 5) is 2.89. The van der Waals surface area contributed by atoms with E-state index < -0.39 is 51.0 Å². The first-order valence-corrected chi connectivity index (χ1v) is 15.3. The zero-order valence-corrected chi connectivity index (χ0v) is 24.2. The van der Waals surface area contributed by atoms with Gasteiger partial charge in [-0.3, -0.25) is 0 Å². The molecule has 12 heteroatoms. The predicted molar refractivity (Wildman–Crippen MR) is 144 cm³/mol. The summed E-state index contributed by atoms with van der Waals surface area (Å²) >= 11 is 0.